The highest BCUT2D eigenvalue weighted by Gasteiger charge is 2.52. The molecule has 3 saturated heterocycles. The lowest BCUT2D eigenvalue weighted by atomic mass is 9.78. The number of hydroxylamine groups is 2. The lowest BCUT2D eigenvalue weighted by Gasteiger charge is -2.28. The van der Waals surface area contributed by atoms with Crippen LogP contribution >= 0.6 is 0 Å². The van der Waals surface area contributed by atoms with Crippen LogP contribution in [0.3, 0.4) is 0 Å². The number of carbonyl (C=O) groups excluding carboxylic acids is 1. The number of likely N-dealkylation sites (tertiary alicyclic amines) is 1. The minimum absolute atomic E-state index is 0.0504. The average Bonchev–Trinajstić information content (AvgIpc) is 3.23. The highest BCUT2D eigenvalue weighted by molar-refractivity contribution is 5.76. The summed E-state index contributed by atoms with van der Waals surface area (Å²) >= 11 is 0. The molecule has 124 valence electrons. The molecule has 3 aliphatic heterocycles. The van der Waals surface area contributed by atoms with Crippen LogP contribution in [0.15, 0.2) is 24.5 Å². The molecular formula is C17H23N3O3. The smallest absolute Gasteiger partial charge is 0.246 e. The van der Waals surface area contributed by atoms with E-state index < -0.39 is 0 Å². The first kappa shape index (κ1) is 15.1. The highest BCUT2D eigenvalue weighted by Crippen LogP contribution is 2.44. The van der Waals surface area contributed by atoms with Gasteiger partial charge in [0.1, 0.15) is 0 Å². The second-order valence-corrected chi connectivity index (χ2v) is 6.96. The Morgan fingerprint density at radius 1 is 1.48 bits per heavy atom. The average molecular weight is 317 g/mol. The Morgan fingerprint density at radius 3 is 3.22 bits per heavy atom. The van der Waals surface area contributed by atoms with Gasteiger partial charge in [0.2, 0.25) is 5.91 Å². The van der Waals surface area contributed by atoms with Crippen LogP contribution in [0.4, 0.5) is 0 Å². The van der Waals surface area contributed by atoms with E-state index in [0.29, 0.717) is 25.6 Å². The molecular weight excluding hydrogens is 294 g/mol. The quantitative estimate of drug-likeness (QED) is 0.832. The van der Waals surface area contributed by atoms with E-state index in [-0.39, 0.29) is 11.3 Å². The third-order valence-corrected chi connectivity index (χ3v) is 5.25. The van der Waals surface area contributed by atoms with Crippen molar-refractivity contribution in [2.24, 2.45) is 11.3 Å². The number of nitrogens with zero attached hydrogens (tertiary/aromatic N) is 3. The normalized spacial score (nSPS) is 30.8. The van der Waals surface area contributed by atoms with Crippen molar-refractivity contribution in [3.63, 3.8) is 0 Å². The van der Waals surface area contributed by atoms with Gasteiger partial charge < -0.3 is 4.74 Å². The minimum Gasteiger partial charge on any atom is -0.380 e. The zero-order valence-electron chi connectivity index (χ0n) is 13.3. The number of ether oxygens (including phenoxy) is 1. The van der Waals surface area contributed by atoms with E-state index in [9.17, 15) is 4.79 Å². The molecule has 1 aromatic rings. The molecule has 4 heterocycles. The summed E-state index contributed by atoms with van der Waals surface area (Å²) in [6.45, 7) is 5.61. The standard InChI is InChI=1S/C17H23N3O3/c21-16(20-5-2-6-23-20)7-17-12-19(10-15(17)11-22-13-17)9-14-3-1-4-18-8-14/h1,3-4,8,15H,2,5-7,9-13H2/t15-,17+/m0/s1. The van der Waals surface area contributed by atoms with Crippen LogP contribution in [0.5, 0.6) is 0 Å². The number of hydrogen-bond acceptors (Lipinski definition) is 5. The SMILES string of the molecule is O=C(C[C@@]12COC[C@@H]1CN(Cc1cccnc1)C2)N1CCCO1. The monoisotopic (exact) mass is 317 g/mol. The van der Waals surface area contributed by atoms with Crippen LogP contribution in [-0.4, -0.2) is 60.3 Å². The Balaban J connectivity index is 1.43. The maximum atomic E-state index is 12.5. The number of fused-ring (bicyclic) bond motifs is 1. The predicted molar refractivity (Wildman–Crippen MR) is 83.2 cm³/mol. The van der Waals surface area contributed by atoms with Gasteiger partial charge in [0, 0.05) is 49.8 Å². The highest BCUT2D eigenvalue weighted by atomic mass is 16.7. The van der Waals surface area contributed by atoms with Gasteiger partial charge in [-0.3, -0.25) is 19.5 Å². The summed E-state index contributed by atoms with van der Waals surface area (Å²) in [6.07, 6.45) is 5.18. The zero-order chi connectivity index (χ0) is 15.7. The van der Waals surface area contributed by atoms with Gasteiger partial charge in [0.15, 0.2) is 0 Å². The van der Waals surface area contributed by atoms with Gasteiger partial charge in [-0.05, 0) is 18.1 Å². The number of pyridine rings is 1. The molecule has 0 spiro atoms. The second kappa shape index (κ2) is 6.19. The second-order valence-electron chi connectivity index (χ2n) is 6.96. The van der Waals surface area contributed by atoms with Gasteiger partial charge in [-0.15, -0.1) is 0 Å². The predicted octanol–water partition coefficient (Wildman–Crippen LogP) is 1.08. The van der Waals surface area contributed by atoms with Gasteiger partial charge >= 0.3 is 0 Å². The summed E-state index contributed by atoms with van der Waals surface area (Å²) in [5.41, 5.74) is 1.17. The third-order valence-electron chi connectivity index (χ3n) is 5.25. The van der Waals surface area contributed by atoms with Crippen molar-refractivity contribution in [1.82, 2.24) is 14.9 Å². The first-order chi connectivity index (χ1) is 11.3. The van der Waals surface area contributed by atoms with Crippen molar-refractivity contribution < 1.29 is 14.4 Å². The van der Waals surface area contributed by atoms with Gasteiger partial charge in [0.05, 0.1) is 26.4 Å². The van der Waals surface area contributed by atoms with E-state index in [1.165, 1.54) is 5.56 Å². The van der Waals surface area contributed by atoms with Gasteiger partial charge in [0.25, 0.3) is 0 Å². The Labute approximate surface area is 136 Å². The van der Waals surface area contributed by atoms with Crippen molar-refractivity contribution in [3.05, 3.63) is 30.1 Å². The van der Waals surface area contributed by atoms with Crippen molar-refractivity contribution in [2.45, 2.75) is 19.4 Å². The van der Waals surface area contributed by atoms with E-state index >= 15 is 0 Å². The molecule has 6 nitrogen and oxygen atoms in total. The Bertz CT molecular complexity index is 561. The number of rotatable bonds is 4. The Kier molecular flexibility index (Phi) is 4.05. The molecule has 0 N–H and O–H groups in total. The first-order valence-corrected chi connectivity index (χ1v) is 8.37. The molecule has 1 aromatic heterocycles. The van der Waals surface area contributed by atoms with E-state index in [0.717, 1.165) is 39.2 Å². The van der Waals surface area contributed by atoms with Crippen molar-refractivity contribution in [3.8, 4) is 0 Å². The lowest BCUT2D eigenvalue weighted by molar-refractivity contribution is -0.171. The number of hydrogen-bond donors (Lipinski definition) is 0. The van der Waals surface area contributed by atoms with Crippen LogP contribution in [0.25, 0.3) is 0 Å². The molecule has 0 aromatic carbocycles. The molecule has 3 fully saturated rings. The van der Waals surface area contributed by atoms with Gasteiger partial charge in [-0.2, -0.15) is 0 Å². The summed E-state index contributed by atoms with van der Waals surface area (Å²) < 4.78 is 5.73. The molecule has 3 aliphatic rings. The van der Waals surface area contributed by atoms with E-state index in [4.69, 9.17) is 9.57 Å². The fourth-order valence-electron chi connectivity index (χ4n) is 4.10. The van der Waals surface area contributed by atoms with Crippen LogP contribution in [0.1, 0.15) is 18.4 Å². The van der Waals surface area contributed by atoms with Crippen LogP contribution in [0.2, 0.25) is 0 Å². The summed E-state index contributed by atoms with van der Waals surface area (Å²) in [7, 11) is 0. The number of carbonyl (C=O) groups is 1. The van der Waals surface area contributed by atoms with E-state index in [1.807, 2.05) is 12.3 Å². The van der Waals surface area contributed by atoms with Gasteiger partial charge in [-0.1, -0.05) is 6.07 Å². The van der Waals surface area contributed by atoms with Crippen molar-refractivity contribution >= 4 is 5.91 Å². The summed E-state index contributed by atoms with van der Waals surface area (Å²) in [4.78, 5) is 24.6. The van der Waals surface area contributed by atoms with Crippen molar-refractivity contribution in [1.29, 1.82) is 0 Å². The van der Waals surface area contributed by atoms with Gasteiger partial charge in [-0.25, -0.2) is 5.06 Å². The molecule has 23 heavy (non-hydrogen) atoms. The maximum absolute atomic E-state index is 12.5. The lowest BCUT2D eigenvalue weighted by Crippen LogP contribution is -2.38. The van der Waals surface area contributed by atoms with Crippen LogP contribution in [-0.2, 0) is 20.9 Å². The summed E-state index contributed by atoms with van der Waals surface area (Å²) in [5.74, 6) is 0.548. The summed E-state index contributed by atoms with van der Waals surface area (Å²) in [5, 5.41) is 1.55. The maximum Gasteiger partial charge on any atom is 0.246 e. The fraction of sp³-hybridized carbons (Fsp3) is 0.647. The van der Waals surface area contributed by atoms with E-state index in [2.05, 4.69) is 16.0 Å². The molecule has 0 saturated carbocycles. The molecule has 6 heteroatoms. The molecule has 0 bridgehead atoms. The molecule has 2 atom stereocenters. The zero-order valence-corrected chi connectivity index (χ0v) is 13.3. The Morgan fingerprint density at radius 2 is 2.43 bits per heavy atom. The Hall–Kier alpha value is -1.50. The topological polar surface area (TPSA) is 54.9 Å². The van der Waals surface area contributed by atoms with Crippen LogP contribution in [0, 0.1) is 11.3 Å². The molecule has 1 amide bonds. The fourth-order valence-corrected chi connectivity index (χ4v) is 4.10. The van der Waals surface area contributed by atoms with Crippen LogP contribution < -0.4 is 0 Å². The van der Waals surface area contributed by atoms with E-state index in [1.54, 1.807) is 11.3 Å². The molecule has 0 radical (unpaired) electrons. The van der Waals surface area contributed by atoms with Crippen molar-refractivity contribution in [2.75, 3.05) is 39.5 Å². The minimum atomic E-state index is -0.0504. The molecule has 0 unspecified atom stereocenters. The first-order valence-electron chi connectivity index (χ1n) is 8.37. The number of aromatic nitrogens is 1. The summed E-state index contributed by atoms with van der Waals surface area (Å²) in [6, 6.07) is 4.08. The molecule has 4 rings (SSSR count). The number of amides is 1. The largest absolute Gasteiger partial charge is 0.380 e. The third kappa shape index (κ3) is 2.98. The molecule has 0 aliphatic carbocycles.